The highest BCUT2D eigenvalue weighted by molar-refractivity contribution is 7.89. The first-order chi connectivity index (χ1) is 15.8. The van der Waals surface area contributed by atoms with Gasteiger partial charge in [0.25, 0.3) is 0 Å². The lowest BCUT2D eigenvalue weighted by atomic mass is 9.92. The second kappa shape index (κ2) is 10.3. The summed E-state index contributed by atoms with van der Waals surface area (Å²) >= 11 is 0. The van der Waals surface area contributed by atoms with Gasteiger partial charge in [-0.1, -0.05) is 56.5 Å². The largest absolute Gasteiger partial charge is 0.243 e. The van der Waals surface area contributed by atoms with Crippen LogP contribution in [0.3, 0.4) is 0 Å². The van der Waals surface area contributed by atoms with Crippen molar-refractivity contribution in [3.05, 3.63) is 60.2 Å². The van der Waals surface area contributed by atoms with Crippen LogP contribution in [-0.2, 0) is 20.0 Å². The van der Waals surface area contributed by atoms with E-state index in [1.807, 2.05) is 37.3 Å². The Hall–Kier alpha value is -1.74. The summed E-state index contributed by atoms with van der Waals surface area (Å²) in [7, 11) is -7.34. The van der Waals surface area contributed by atoms with Crippen molar-refractivity contribution in [3.63, 3.8) is 0 Å². The monoisotopic (exact) mass is 490 g/mol. The Morgan fingerprint density at radius 3 is 2.09 bits per heavy atom. The molecule has 0 amide bonds. The minimum Gasteiger partial charge on any atom is -0.207 e. The SMILES string of the molecule is CCN(C1CCCCC1)S(=O)(=O)c1ccc(S(=O)(=O)N2CCC[C@H](c3ccccc3)C2)cc1. The highest BCUT2D eigenvalue weighted by atomic mass is 32.2. The fourth-order valence-corrected chi connectivity index (χ4v) is 8.44. The number of piperidine rings is 1. The molecule has 8 heteroatoms. The molecule has 2 aromatic carbocycles. The summed E-state index contributed by atoms with van der Waals surface area (Å²) in [6, 6.07) is 15.8. The van der Waals surface area contributed by atoms with Gasteiger partial charge in [-0.05, 0) is 61.4 Å². The molecule has 33 heavy (non-hydrogen) atoms. The van der Waals surface area contributed by atoms with Gasteiger partial charge in [0.15, 0.2) is 0 Å². The van der Waals surface area contributed by atoms with Crippen LogP contribution in [0, 0.1) is 0 Å². The summed E-state index contributed by atoms with van der Waals surface area (Å²) in [5.74, 6) is 0.169. The van der Waals surface area contributed by atoms with Crippen LogP contribution in [0.2, 0.25) is 0 Å². The second-order valence-corrected chi connectivity index (χ2v) is 12.9. The van der Waals surface area contributed by atoms with Crippen molar-refractivity contribution in [2.75, 3.05) is 19.6 Å². The summed E-state index contributed by atoms with van der Waals surface area (Å²) in [4.78, 5) is 0.311. The predicted molar refractivity (Wildman–Crippen MR) is 130 cm³/mol. The van der Waals surface area contributed by atoms with Crippen LogP contribution in [0.25, 0.3) is 0 Å². The molecule has 0 unspecified atom stereocenters. The smallest absolute Gasteiger partial charge is 0.207 e. The van der Waals surface area contributed by atoms with Crippen LogP contribution >= 0.6 is 0 Å². The third-order valence-corrected chi connectivity index (χ3v) is 10.9. The van der Waals surface area contributed by atoms with Crippen molar-refractivity contribution >= 4 is 20.0 Å². The van der Waals surface area contributed by atoms with Crippen LogP contribution in [0.15, 0.2) is 64.4 Å². The first-order valence-electron chi connectivity index (χ1n) is 12.0. The summed E-state index contributed by atoms with van der Waals surface area (Å²) < 4.78 is 56.4. The van der Waals surface area contributed by atoms with E-state index < -0.39 is 20.0 Å². The molecule has 1 atom stereocenters. The van der Waals surface area contributed by atoms with Crippen LogP contribution < -0.4 is 0 Å². The molecule has 1 aliphatic heterocycles. The number of rotatable bonds is 7. The van der Waals surface area contributed by atoms with E-state index in [-0.39, 0.29) is 21.8 Å². The molecule has 1 heterocycles. The van der Waals surface area contributed by atoms with E-state index >= 15 is 0 Å². The average molecular weight is 491 g/mol. The van der Waals surface area contributed by atoms with Crippen LogP contribution in [0.5, 0.6) is 0 Å². The molecule has 0 spiro atoms. The van der Waals surface area contributed by atoms with Gasteiger partial charge in [-0.3, -0.25) is 0 Å². The van der Waals surface area contributed by atoms with Crippen LogP contribution in [0.1, 0.15) is 63.4 Å². The molecular formula is C25H34N2O4S2. The molecule has 4 rings (SSSR count). The van der Waals surface area contributed by atoms with Gasteiger partial charge in [0.2, 0.25) is 20.0 Å². The normalized spacial score (nSPS) is 21.3. The molecule has 0 N–H and O–H groups in total. The van der Waals surface area contributed by atoms with Crippen LogP contribution in [0.4, 0.5) is 0 Å². The molecule has 0 bridgehead atoms. The molecule has 2 fully saturated rings. The Morgan fingerprint density at radius 2 is 1.45 bits per heavy atom. The van der Waals surface area contributed by atoms with Gasteiger partial charge in [0.1, 0.15) is 0 Å². The fourth-order valence-electron chi connectivity index (χ4n) is 5.22. The molecule has 0 radical (unpaired) electrons. The molecule has 1 saturated heterocycles. The maximum Gasteiger partial charge on any atom is 0.243 e. The van der Waals surface area contributed by atoms with Gasteiger partial charge in [0, 0.05) is 25.7 Å². The van der Waals surface area contributed by atoms with Gasteiger partial charge in [-0.25, -0.2) is 16.8 Å². The van der Waals surface area contributed by atoms with Crippen molar-refractivity contribution in [1.29, 1.82) is 0 Å². The van der Waals surface area contributed by atoms with E-state index in [4.69, 9.17) is 0 Å². The fraction of sp³-hybridized carbons (Fsp3) is 0.520. The minimum absolute atomic E-state index is 0.0282. The van der Waals surface area contributed by atoms with Gasteiger partial charge in [0.05, 0.1) is 9.79 Å². The molecule has 2 aliphatic rings. The van der Waals surface area contributed by atoms with E-state index in [2.05, 4.69) is 0 Å². The molecule has 0 aromatic heterocycles. The minimum atomic E-state index is -3.69. The third-order valence-electron chi connectivity index (χ3n) is 7.02. The Balaban J connectivity index is 1.53. The molecule has 1 aliphatic carbocycles. The Morgan fingerprint density at radius 1 is 0.818 bits per heavy atom. The van der Waals surface area contributed by atoms with E-state index in [0.29, 0.717) is 19.6 Å². The van der Waals surface area contributed by atoms with Gasteiger partial charge < -0.3 is 0 Å². The summed E-state index contributed by atoms with van der Waals surface area (Å²) in [6.45, 7) is 3.21. The Labute approximate surface area is 198 Å². The number of sulfonamides is 2. The lowest BCUT2D eigenvalue weighted by molar-refractivity contribution is 0.261. The van der Waals surface area contributed by atoms with E-state index in [0.717, 1.165) is 50.5 Å². The molecule has 180 valence electrons. The molecule has 1 saturated carbocycles. The summed E-state index contributed by atoms with van der Waals surface area (Å²) in [6.07, 6.45) is 6.79. The van der Waals surface area contributed by atoms with Crippen molar-refractivity contribution < 1.29 is 16.8 Å². The first-order valence-corrected chi connectivity index (χ1v) is 14.9. The molecule has 2 aromatic rings. The number of hydrogen-bond acceptors (Lipinski definition) is 4. The van der Waals surface area contributed by atoms with Crippen molar-refractivity contribution in [1.82, 2.24) is 8.61 Å². The van der Waals surface area contributed by atoms with Crippen molar-refractivity contribution in [2.45, 2.75) is 73.6 Å². The lowest BCUT2D eigenvalue weighted by Gasteiger charge is -2.33. The summed E-state index contributed by atoms with van der Waals surface area (Å²) in [5.41, 5.74) is 1.15. The zero-order valence-electron chi connectivity index (χ0n) is 19.3. The maximum absolute atomic E-state index is 13.3. The third kappa shape index (κ3) is 5.19. The standard InChI is InChI=1S/C25H34N2O4S2/c1-2-27(23-13-7-4-8-14-23)33(30,31)25-17-15-24(16-18-25)32(28,29)26-19-9-12-22(20-26)21-10-5-3-6-11-21/h3,5-6,10-11,15-18,22-23H,2,4,7-9,12-14,19-20H2,1H3/t22-/m0/s1. The average Bonchev–Trinajstić information content (AvgIpc) is 2.86. The highest BCUT2D eigenvalue weighted by Gasteiger charge is 2.33. The van der Waals surface area contributed by atoms with Gasteiger partial charge in [-0.15, -0.1) is 0 Å². The lowest BCUT2D eigenvalue weighted by Crippen LogP contribution is -2.41. The van der Waals surface area contributed by atoms with Gasteiger partial charge >= 0.3 is 0 Å². The second-order valence-electron chi connectivity index (χ2n) is 9.08. The Bertz CT molecular complexity index is 1130. The van der Waals surface area contributed by atoms with Crippen LogP contribution in [-0.4, -0.2) is 51.1 Å². The van der Waals surface area contributed by atoms with E-state index in [1.54, 1.807) is 4.31 Å². The predicted octanol–water partition coefficient (Wildman–Crippen LogP) is 4.60. The Kier molecular flexibility index (Phi) is 7.58. The summed E-state index contributed by atoms with van der Waals surface area (Å²) in [5, 5.41) is 0. The number of benzene rings is 2. The van der Waals surface area contributed by atoms with E-state index in [9.17, 15) is 16.8 Å². The molecular weight excluding hydrogens is 456 g/mol. The topological polar surface area (TPSA) is 74.8 Å². The molecule has 6 nitrogen and oxygen atoms in total. The van der Waals surface area contributed by atoms with E-state index in [1.165, 1.54) is 28.6 Å². The van der Waals surface area contributed by atoms with Crippen molar-refractivity contribution in [3.8, 4) is 0 Å². The zero-order chi connectivity index (χ0) is 23.5. The zero-order valence-corrected chi connectivity index (χ0v) is 20.9. The van der Waals surface area contributed by atoms with Crippen molar-refractivity contribution in [2.24, 2.45) is 0 Å². The van der Waals surface area contributed by atoms with Gasteiger partial charge in [-0.2, -0.15) is 8.61 Å². The maximum atomic E-state index is 13.3. The number of hydrogen-bond donors (Lipinski definition) is 0. The number of nitrogens with zero attached hydrogens (tertiary/aromatic N) is 2. The first kappa shape index (κ1) is 24.4. The quantitative estimate of drug-likeness (QED) is 0.569. The highest BCUT2D eigenvalue weighted by Crippen LogP contribution is 2.31.